The first-order valence-electron chi connectivity index (χ1n) is 7.26. The number of nitrogens with zero attached hydrogens (tertiary/aromatic N) is 3. The van der Waals surface area contributed by atoms with Crippen molar-refractivity contribution in [1.29, 1.82) is 0 Å². The molecule has 0 amide bonds. The number of piperazine rings is 1. The zero-order chi connectivity index (χ0) is 13.2. The molecule has 0 spiro atoms. The second-order valence-corrected chi connectivity index (χ2v) is 5.80. The first-order chi connectivity index (χ1) is 9.22. The van der Waals surface area contributed by atoms with Gasteiger partial charge in [-0.25, -0.2) is 0 Å². The third-order valence-corrected chi connectivity index (χ3v) is 4.31. The monoisotopic (exact) mass is 260 g/mol. The van der Waals surface area contributed by atoms with Crippen LogP contribution in [-0.4, -0.2) is 57.3 Å². The van der Waals surface area contributed by atoms with Gasteiger partial charge < -0.3 is 20.4 Å². The zero-order valence-electron chi connectivity index (χ0n) is 11.8. The van der Waals surface area contributed by atoms with Gasteiger partial charge in [0.1, 0.15) is 0 Å². The lowest BCUT2D eigenvalue weighted by molar-refractivity contribution is 0.313. The fraction of sp³-hybridized carbons (Fsp3) is 0.600. The highest BCUT2D eigenvalue weighted by Crippen LogP contribution is 2.24. The minimum absolute atomic E-state index is 0.345. The summed E-state index contributed by atoms with van der Waals surface area (Å²) in [5.41, 5.74) is 8.63. The Bertz CT molecular complexity index is 409. The topological polar surface area (TPSA) is 35.7 Å². The van der Waals surface area contributed by atoms with Crippen LogP contribution in [0.3, 0.4) is 0 Å². The maximum Gasteiger partial charge on any atom is 0.0368 e. The quantitative estimate of drug-likeness (QED) is 0.860. The van der Waals surface area contributed by atoms with Gasteiger partial charge in [0.25, 0.3) is 0 Å². The van der Waals surface area contributed by atoms with Gasteiger partial charge in [0, 0.05) is 56.7 Å². The van der Waals surface area contributed by atoms with Gasteiger partial charge in [0.2, 0.25) is 0 Å². The molecule has 1 atom stereocenters. The van der Waals surface area contributed by atoms with Crippen LogP contribution < -0.4 is 15.5 Å². The van der Waals surface area contributed by atoms with Crippen LogP contribution in [0.4, 0.5) is 11.4 Å². The predicted molar refractivity (Wildman–Crippen MR) is 81.0 cm³/mol. The number of rotatable bonds is 2. The Morgan fingerprint density at radius 2 is 1.47 bits per heavy atom. The Hall–Kier alpha value is -1.26. The molecule has 0 aromatic heterocycles. The second kappa shape index (κ2) is 5.39. The van der Waals surface area contributed by atoms with Crippen molar-refractivity contribution in [2.24, 2.45) is 5.73 Å². The number of anilines is 2. The average Bonchev–Trinajstić information content (AvgIpc) is 2.87. The number of hydrogen-bond donors (Lipinski definition) is 1. The lowest BCUT2D eigenvalue weighted by Crippen LogP contribution is -2.44. The van der Waals surface area contributed by atoms with E-state index in [1.807, 2.05) is 0 Å². The average molecular weight is 260 g/mol. The van der Waals surface area contributed by atoms with Gasteiger partial charge in [-0.3, -0.25) is 0 Å². The summed E-state index contributed by atoms with van der Waals surface area (Å²) in [6.07, 6.45) is 1.11. The number of hydrogen-bond acceptors (Lipinski definition) is 4. The van der Waals surface area contributed by atoms with Crippen molar-refractivity contribution >= 4 is 11.4 Å². The van der Waals surface area contributed by atoms with Crippen LogP contribution in [0.5, 0.6) is 0 Å². The lowest BCUT2D eigenvalue weighted by atomic mass is 10.2. The van der Waals surface area contributed by atoms with Gasteiger partial charge in [-0.15, -0.1) is 0 Å². The molecule has 1 aromatic carbocycles. The van der Waals surface area contributed by atoms with Crippen molar-refractivity contribution in [3.05, 3.63) is 24.3 Å². The van der Waals surface area contributed by atoms with E-state index in [0.29, 0.717) is 6.04 Å². The van der Waals surface area contributed by atoms with Gasteiger partial charge in [-0.2, -0.15) is 0 Å². The normalized spacial score (nSPS) is 25.1. The molecule has 2 heterocycles. The van der Waals surface area contributed by atoms with Gasteiger partial charge in [0.15, 0.2) is 0 Å². The van der Waals surface area contributed by atoms with Crippen molar-refractivity contribution in [1.82, 2.24) is 4.90 Å². The molecule has 19 heavy (non-hydrogen) atoms. The maximum absolute atomic E-state index is 5.97. The summed E-state index contributed by atoms with van der Waals surface area (Å²) in [4.78, 5) is 7.24. The molecule has 2 saturated heterocycles. The predicted octanol–water partition coefficient (Wildman–Crippen LogP) is 0.976. The molecule has 0 aliphatic carbocycles. The Morgan fingerprint density at radius 3 is 2.00 bits per heavy atom. The number of likely N-dealkylation sites (N-methyl/N-ethyl adjacent to an activating group) is 1. The van der Waals surface area contributed by atoms with Crippen LogP contribution in [0, 0.1) is 0 Å². The molecular weight excluding hydrogens is 236 g/mol. The Balaban J connectivity index is 1.65. The maximum atomic E-state index is 5.97. The molecule has 4 nitrogen and oxygen atoms in total. The summed E-state index contributed by atoms with van der Waals surface area (Å²) in [6.45, 7) is 6.66. The Labute approximate surface area is 115 Å². The molecule has 104 valence electrons. The zero-order valence-corrected chi connectivity index (χ0v) is 11.8. The summed E-state index contributed by atoms with van der Waals surface area (Å²) >= 11 is 0. The molecule has 1 aromatic rings. The summed E-state index contributed by atoms with van der Waals surface area (Å²) in [7, 11) is 2.19. The Kier molecular flexibility index (Phi) is 3.62. The van der Waals surface area contributed by atoms with E-state index in [1.165, 1.54) is 11.4 Å². The fourth-order valence-electron chi connectivity index (χ4n) is 2.96. The van der Waals surface area contributed by atoms with E-state index in [2.05, 4.69) is 46.0 Å². The molecule has 0 radical (unpaired) electrons. The summed E-state index contributed by atoms with van der Waals surface area (Å²) < 4.78 is 0. The van der Waals surface area contributed by atoms with Crippen molar-refractivity contribution in [2.75, 3.05) is 56.1 Å². The molecule has 4 heteroatoms. The molecule has 2 aliphatic heterocycles. The molecule has 0 saturated carbocycles. The highest BCUT2D eigenvalue weighted by molar-refractivity contribution is 5.57. The van der Waals surface area contributed by atoms with E-state index in [1.54, 1.807) is 0 Å². The molecule has 2 aliphatic rings. The smallest absolute Gasteiger partial charge is 0.0368 e. The largest absolute Gasteiger partial charge is 0.370 e. The van der Waals surface area contributed by atoms with Crippen molar-refractivity contribution in [3.63, 3.8) is 0 Å². The lowest BCUT2D eigenvalue weighted by Gasteiger charge is -2.34. The van der Waals surface area contributed by atoms with E-state index < -0.39 is 0 Å². The molecule has 1 unspecified atom stereocenters. The first-order valence-corrected chi connectivity index (χ1v) is 7.26. The van der Waals surface area contributed by atoms with Gasteiger partial charge in [-0.05, 0) is 37.7 Å². The van der Waals surface area contributed by atoms with E-state index in [-0.39, 0.29) is 0 Å². The first kappa shape index (κ1) is 12.8. The van der Waals surface area contributed by atoms with E-state index in [4.69, 9.17) is 5.73 Å². The molecule has 0 bridgehead atoms. The second-order valence-electron chi connectivity index (χ2n) is 5.80. The summed E-state index contributed by atoms with van der Waals surface area (Å²) in [6, 6.07) is 9.34. The SMILES string of the molecule is CN1CCN(c2ccc(N3CCC(N)C3)cc2)CC1. The van der Waals surface area contributed by atoms with Crippen LogP contribution >= 0.6 is 0 Å². The van der Waals surface area contributed by atoms with E-state index in [0.717, 1.165) is 45.7 Å². The standard InChI is InChI=1S/C15H24N4/c1-17-8-10-18(11-9-17)14-2-4-15(5-3-14)19-7-6-13(16)12-19/h2-5,13H,6-12,16H2,1H3. The van der Waals surface area contributed by atoms with Crippen LogP contribution in [0.25, 0.3) is 0 Å². The van der Waals surface area contributed by atoms with Crippen molar-refractivity contribution in [3.8, 4) is 0 Å². The van der Waals surface area contributed by atoms with Crippen molar-refractivity contribution < 1.29 is 0 Å². The summed E-state index contributed by atoms with van der Waals surface area (Å²) in [5, 5.41) is 0. The summed E-state index contributed by atoms with van der Waals surface area (Å²) in [5.74, 6) is 0. The van der Waals surface area contributed by atoms with Gasteiger partial charge in [0.05, 0.1) is 0 Å². The number of nitrogens with two attached hydrogens (primary N) is 1. The third kappa shape index (κ3) is 2.85. The Morgan fingerprint density at radius 1 is 0.895 bits per heavy atom. The minimum atomic E-state index is 0.345. The number of benzene rings is 1. The molecule has 2 N–H and O–H groups in total. The molecule has 3 rings (SSSR count). The van der Waals surface area contributed by atoms with Gasteiger partial charge in [-0.1, -0.05) is 0 Å². The minimum Gasteiger partial charge on any atom is -0.370 e. The van der Waals surface area contributed by atoms with E-state index in [9.17, 15) is 0 Å². The van der Waals surface area contributed by atoms with Crippen LogP contribution in [0.1, 0.15) is 6.42 Å². The van der Waals surface area contributed by atoms with Crippen LogP contribution in [-0.2, 0) is 0 Å². The molecule has 2 fully saturated rings. The van der Waals surface area contributed by atoms with E-state index >= 15 is 0 Å². The van der Waals surface area contributed by atoms with Crippen LogP contribution in [0.2, 0.25) is 0 Å². The fourth-order valence-corrected chi connectivity index (χ4v) is 2.96. The third-order valence-electron chi connectivity index (χ3n) is 4.31. The van der Waals surface area contributed by atoms with Crippen molar-refractivity contribution in [2.45, 2.75) is 12.5 Å². The molecular formula is C15H24N4. The highest BCUT2D eigenvalue weighted by Gasteiger charge is 2.19. The van der Waals surface area contributed by atoms with Crippen LogP contribution in [0.15, 0.2) is 24.3 Å². The van der Waals surface area contributed by atoms with Gasteiger partial charge >= 0.3 is 0 Å². The highest BCUT2D eigenvalue weighted by atomic mass is 15.2.